The number of aliphatic hydroxyl groups is 1. The van der Waals surface area contributed by atoms with Crippen LogP contribution in [-0.4, -0.2) is 46.2 Å². The molecule has 2 aromatic rings. The van der Waals surface area contributed by atoms with Crippen LogP contribution in [0.25, 0.3) is 10.6 Å². The van der Waals surface area contributed by atoms with Crippen LogP contribution in [0.15, 0.2) is 29.6 Å². The zero-order chi connectivity index (χ0) is 17.3. The Hall–Kier alpha value is -1.92. The SMILES string of the molecule is COc1ccccc1-c1nc(C(=O)N2CCCC2C(C)(C)O)cs1. The van der Waals surface area contributed by atoms with Crippen LogP contribution in [0.2, 0.25) is 0 Å². The van der Waals surface area contributed by atoms with Crippen molar-refractivity contribution in [1.82, 2.24) is 9.88 Å². The second kappa shape index (κ2) is 6.53. The van der Waals surface area contributed by atoms with Gasteiger partial charge in [-0.05, 0) is 38.8 Å². The summed E-state index contributed by atoms with van der Waals surface area (Å²) in [4.78, 5) is 19.1. The van der Waals surface area contributed by atoms with Gasteiger partial charge in [-0.15, -0.1) is 11.3 Å². The lowest BCUT2D eigenvalue weighted by atomic mass is 9.96. The number of carbonyl (C=O) groups excluding carboxylic acids is 1. The topological polar surface area (TPSA) is 62.7 Å². The molecule has 24 heavy (non-hydrogen) atoms. The van der Waals surface area contributed by atoms with Crippen LogP contribution in [0.3, 0.4) is 0 Å². The Labute approximate surface area is 145 Å². The molecule has 1 N–H and O–H groups in total. The van der Waals surface area contributed by atoms with E-state index in [1.54, 1.807) is 31.2 Å². The molecule has 1 aliphatic rings. The number of benzene rings is 1. The van der Waals surface area contributed by atoms with Gasteiger partial charge < -0.3 is 14.7 Å². The van der Waals surface area contributed by atoms with Gasteiger partial charge in [0.1, 0.15) is 16.5 Å². The molecule has 1 aliphatic heterocycles. The molecule has 0 saturated carbocycles. The zero-order valence-electron chi connectivity index (χ0n) is 14.2. The molecule has 1 atom stereocenters. The fourth-order valence-electron chi connectivity index (χ4n) is 3.21. The quantitative estimate of drug-likeness (QED) is 0.923. The molecule has 0 radical (unpaired) electrons. The molecule has 0 aliphatic carbocycles. The first kappa shape index (κ1) is 16.9. The number of amides is 1. The van der Waals surface area contributed by atoms with Crippen molar-refractivity contribution < 1.29 is 14.6 Å². The summed E-state index contributed by atoms with van der Waals surface area (Å²) in [5, 5.41) is 12.8. The number of thiazole rings is 1. The highest BCUT2D eigenvalue weighted by Gasteiger charge is 2.39. The number of hydrogen-bond acceptors (Lipinski definition) is 5. The van der Waals surface area contributed by atoms with Gasteiger partial charge in [0.2, 0.25) is 0 Å². The first-order valence-corrected chi connectivity index (χ1v) is 8.92. The molecule has 1 saturated heterocycles. The lowest BCUT2D eigenvalue weighted by Gasteiger charge is -2.33. The summed E-state index contributed by atoms with van der Waals surface area (Å²) in [6, 6.07) is 7.47. The van der Waals surface area contributed by atoms with Crippen molar-refractivity contribution in [1.29, 1.82) is 0 Å². The van der Waals surface area contributed by atoms with Crippen LogP contribution in [0.1, 0.15) is 37.2 Å². The van der Waals surface area contributed by atoms with E-state index in [9.17, 15) is 9.90 Å². The van der Waals surface area contributed by atoms with Crippen molar-refractivity contribution in [3.63, 3.8) is 0 Å². The molecule has 1 amide bonds. The highest BCUT2D eigenvalue weighted by molar-refractivity contribution is 7.13. The van der Waals surface area contributed by atoms with Gasteiger partial charge in [0.25, 0.3) is 5.91 Å². The number of rotatable bonds is 4. The third kappa shape index (κ3) is 3.16. The van der Waals surface area contributed by atoms with Gasteiger partial charge in [0.05, 0.1) is 24.3 Å². The summed E-state index contributed by atoms with van der Waals surface area (Å²) in [7, 11) is 1.62. The minimum absolute atomic E-state index is 0.114. The maximum Gasteiger partial charge on any atom is 0.273 e. The van der Waals surface area contributed by atoms with Crippen molar-refractivity contribution in [3.8, 4) is 16.3 Å². The fraction of sp³-hybridized carbons (Fsp3) is 0.444. The summed E-state index contributed by atoms with van der Waals surface area (Å²) in [6.45, 7) is 4.17. The molecule has 1 aromatic heterocycles. The highest BCUT2D eigenvalue weighted by Crippen LogP contribution is 2.33. The van der Waals surface area contributed by atoms with E-state index in [0.717, 1.165) is 29.2 Å². The van der Waals surface area contributed by atoms with Crippen LogP contribution < -0.4 is 4.74 Å². The lowest BCUT2D eigenvalue weighted by Crippen LogP contribution is -2.48. The summed E-state index contributed by atoms with van der Waals surface area (Å²) in [5.74, 6) is 0.624. The predicted molar refractivity (Wildman–Crippen MR) is 94.5 cm³/mol. The molecule has 1 aromatic carbocycles. The van der Waals surface area contributed by atoms with Crippen LogP contribution in [0.4, 0.5) is 0 Å². The Morgan fingerprint density at radius 2 is 2.17 bits per heavy atom. The van der Waals surface area contributed by atoms with Gasteiger partial charge in [0, 0.05) is 11.9 Å². The number of ether oxygens (including phenoxy) is 1. The number of para-hydroxylation sites is 1. The second-order valence-corrected chi connectivity index (χ2v) is 7.41. The number of nitrogens with zero attached hydrogens (tertiary/aromatic N) is 2. The van der Waals surface area contributed by atoms with E-state index in [1.807, 2.05) is 24.3 Å². The van der Waals surface area contributed by atoms with Crippen molar-refractivity contribution in [2.75, 3.05) is 13.7 Å². The molecule has 5 nitrogen and oxygen atoms in total. The summed E-state index contributed by atoms with van der Waals surface area (Å²) in [6.07, 6.45) is 1.72. The average molecular weight is 346 g/mol. The molecule has 1 fully saturated rings. The largest absolute Gasteiger partial charge is 0.496 e. The van der Waals surface area contributed by atoms with Gasteiger partial charge in [0.15, 0.2) is 0 Å². The van der Waals surface area contributed by atoms with E-state index < -0.39 is 5.60 Å². The molecule has 128 valence electrons. The standard InChI is InChI=1S/C18H22N2O3S/c1-18(2,22)15-9-6-10-20(15)17(21)13-11-24-16(19-13)12-7-4-5-8-14(12)23-3/h4-5,7-8,11,15,22H,6,9-10H2,1-3H3. The van der Waals surface area contributed by atoms with Crippen molar-refractivity contribution in [3.05, 3.63) is 35.3 Å². The van der Waals surface area contributed by atoms with Gasteiger partial charge in [-0.3, -0.25) is 4.79 Å². The molecule has 0 spiro atoms. The van der Waals surface area contributed by atoms with E-state index in [2.05, 4.69) is 4.98 Å². The van der Waals surface area contributed by atoms with E-state index in [4.69, 9.17) is 4.74 Å². The van der Waals surface area contributed by atoms with Crippen LogP contribution in [-0.2, 0) is 0 Å². The molecule has 0 bridgehead atoms. The average Bonchev–Trinajstić information content (AvgIpc) is 3.23. The Morgan fingerprint density at radius 3 is 2.88 bits per heavy atom. The van der Waals surface area contributed by atoms with Crippen molar-refractivity contribution in [2.24, 2.45) is 0 Å². The first-order valence-electron chi connectivity index (χ1n) is 8.04. The molecule has 6 heteroatoms. The number of likely N-dealkylation sites (tertiary alicyclic amines) is 1. The van der Waals surface area contributed by atoms with E-state index in [0.29, 0.717) is 12.2 Å². The van der Waals surface area contributed by atoms with E-state index in [-0.39, 0.29) is 11.9 Å². The van der Waals surface area contributed by atoms with Crippen molar-refractivity contribution in [2.45, 2.75) is 38.3 Å². The molecule has 1 unspecified atom stereocenters. The van der Waals surface area contributed by atoms with Crippen LogP contribution in [0.5, 0.6) is 5.75 Å². The third-order valence-corrected chi connectivity index (χ3v) is 5.27. The Bertz CT molecular complexity index is 736. The Morgan fingerprint density at radius 1 is 1.42 bits per heavy atom. The normalized spacial score (nSPS) is 18.0. The van der Waals surface area contributed by atoms with Crippen LogP contribution in [0, 0.1) is 0 Å². The van der Waals surface area contributed by atoms with E-state index in [1.165, 1.54) is 11.3 Å². The number of hydrogen-bond donors (Lipinski definition) is 1. The molecular formula is C18H22N2O3S. The van der Waals surface area contributed by atoms with Gasteiger partial charge in [-0.25, -0.2) is 4.98 Å². The maximum atomic E-state index is 12.8. The Balaban J connectivity index is 1.87. The number of aromatic nitrogens is 1. The minimum atomic E-state index is -0.909. The summed E-state index contributed by atoms with van der Waals surface area (Å²) in [5.41, 5.74) is 0.398. The molecular weight excluding hydrogens is 324 g/mol. The minimum Gasteiger partial charge on any atom is -0.496 e. The number of methoxy groups -OCH3 is 1. The number of carbonyl (C=O) groups is 1. The van der Waals surface area contributed by atoms with Gasteiger partial charge in [-0.1, -0.05) is 12.1 Å². The van der Waals surface area contributed by atoms with Crippen LogP contribution >= 0.6 is 11.3 Å². The molecule has 3 rings (SSSR count). The maximum absolute atomic E-state index is 12.8. The second-order valence-electron chi connectivity index (χ2n) is 6.55. The zero-order valence-corrected chi connectivity index (χ0v) is 15.0. The predicted octanol–water partition coefficient (Wildman–Crippen LogP) is 3.19. The van der Waals surface area contributed by atoms with Gasteiger partial charge >= 0.3 is 0 Å². The summed E-state index contributed by atoms with van der Waals surface area (Å²) >= 11 is 1.43. The van der Waals surface area contributed by atoms with E-state index >= 15 is 0 Å². The highest BCUT2D eigenvalue weighted by atomic mass is 32.1. The van der Waals surface area contributed by atoms with Crippen molar-refractivity contribution >= 4 is 17.2 Å². The first-order chi connectivity index (χ1) is 11.4. The Kier molecular flexibility index (Phi) is 4.60. The van der Waals surface area contributed by atoms with Gasteiger partial charge in [-0.2, -0.15) is 0 Å². The smallest absolute Gasteiger partial charge is 0.273 e. The third-order valence-electron chi connectivity index (χ3n) is 4.39. The lowest BCUT2D eigenvalue weighted by molar-refractivity contribution is 0.000154. The summed E-state index contributed by atoms with van der Waals surface area (Å²) < 4.78 is 5.37. The monoisotopic (exact) mass is 346 g/mol. The fourth-order valence-corrected chi connectivity index (χ4v) is 4.03. The molecule has 2 heterocycles.